The van der Waals surface area contributed by atoms with Crippen LogP contribution in [0.15, 0.2) is 0 Å². The average molecular weight is 325 g/mol. The lowest BCUT2D eigenvalue weighted by Crippen LogP contribution is -2.53. The van der Waals surface area contributed by atoms with Crippen molar-refractivity contribution in [3.05, 3.63) is 0 Å². The highest BCUT2D eigenvalue weighted by molar-refractivity contribution is 5.78. The van der Waals surface area contributed by atoms with E-state index in [2.05, 4.69) is 12.2 Å². The molecule has 6 heteroatoms. The zero-order valence-corrected chi connectivity index (χ0v) is 14.9. The van der Waals surface area contributed by atoms with Crippen LogP contribution in [-0.4, -0.2) is 66.2 Å². The Morgan fingerprint density at radius 2 is 1.70 bits per heavy atom. The van der Waals surface area contributed by atoms with Crippen LogP contribution in [0.4, 0.5) is 4.79 Å². The summed E-state index contributed by atoms with van der Waals surface area (Å²) in [5.41, 5.74) is -0.480. The minimum Gasteiger partial charge on any atom is -0.444 e. The van der Waals surface area contributed by atoms with Crippen LogP contribution in [0, 0.1) is 5.92 Å². The quantitative estimate of drug-likeness (QED) is 0.838. The molecule has 2 amide bonds. The van der Waals surface area contributed by atoms with E-state index < -0.39 is 5.60 Å². The Hall–Kier alpha value is -1.30. The van der Waals surface area contributed by atoms with Crippen LogP contribution in [0.1, 0.15) is 47.0 Å². The van der Waals surface area contributed by atoms with Crippen molar-refractivity contribution in [3.63, 3.8) is 0 Å². The van der Waals surface area contributed by atoms with Gasteiger partial charge in [-0.15, -0.1) is 0 Å². The van der Waals surface area contributed by atoms with Gasteiger partial charge in [-0.25, -0.2) is 4.79 Å². The average Bonchev–Trinajstić information content (AvgIpc) is 3.31. The summed E-state index contributed by atoms with van der Waals surface area (Å²) in [6.45, 7) is 10.4. The molecule has 2 rings (SSSR count). The SMILES string of the molecule is CCC(NCC(=O)N1CCN(C(=O)OC(C)(C)C)CC1)C1CC1. The highest BCUT2D eigenvalue weighted by Gasteiger charge is 2.31. The third-order valence-corrected chi connectivity index (χ3v) is 4.43. The van der Waals surface area contributed by atoms with Crippen molar-refractivity contribution in [1.82, 2.24) is 15.1 Å². The molecule has 1 N–H and O–H groups in total. The van der Waals surface area contributed by atoms with Crippen molar-refractivity contribution in [2.45, 2.75) is 58.6 Å². The van der Waals surface area contributed by atoms with Crippen molar-refractivity contribution < 1.29 is 14.3 Å². The molecule has 23 heavy (non-hydrogen) atoms. The summed E-state index contributed by atoms with van der Waals surface area (Å²) in [6, 6.07) is 0.474. The van der Waals surface area contributed by atoms with E-state index in [-0.39, 0.29) is 12.0 Å². The molecule has 1 aliphatic carbocycles. The maximum absolute atomic E-state index is 12.3. The second-order valence-electron chi connectivity index (χ2n) is 7.58. The van der Waals surface area contributed by atoms with E-state index >= 15 is 0 Å². The zero-order valence-electron chi connectivity index (χ0n) is 14.9. The molecule has 1 saturated heterocycles. The number of rotatable bonds is 5. The first kappa shape index (κ1) is 18.0. The number of nitrogens with one attached hydrogen (secondary N) is 1. The van der Waals surface area contributed by atoms with Gasteiger partial charge in [-0.1, -0.05) is 6.92 Å². The van der Waals surface area contributed by atoms with Crippen LogP contribution >= 0.6 is 0 Å². The summed E-state index contributed by atoms with van der Waals surface area (Å²) in [6.07, 6.45) is 3.36. The summed E-state index contributed by atoms with van der Waals surface area (Å²) >= 11 is 0. The van der Waals surface area contributed by atoms with Crippen LogP contribution < -0.4 is 5.32 Å². The third kappa shape index (κ3) is 5.68. The van der Waals surface area contributed by atoms with Crippen molar-refractivity contribution >= 4 is 12.0 Å². The lowest BCUT2D eigenvalue weighted by molar-refractivity contribution is -0.132. The Morgan fingerprint density at radius 3 is 2.17 bits per heavy atom. The van der Waals surface area contributed by atoms with Crippen LogP contribution in [-0.2, 0) is 9.53 Å². The molecule has 0 spiro atoms. The van der Waals surface area contributed by atoms with Crippen LogP contribution in [0.2, 0.25) is 0 Å². The van der Waals surface area contributed by atoms with Gasteiger partial charge in [0, 0.05) is 32.2 Å². The summed E-state index contributed by atoms with van der Waals surface area (Å²) in [5.74, 6) is 0.893. The summed E-state index contributed by atoms with van der Waals surface area (Å²) in [7, 11) is 0. The largest absolute Gasteiger partial charge is 0.444 e. The second-order valence-corrected chi connectivity index (χ2v) is 7.58. The summed E-state index contributed by atoms with van der Waals surface area (Å²) < 4.78 is 5.37. The van der Waals surface area contributed by atoms with Gasteiger partial charge in [-0.05, 0) is 46.0 Å². The van der Waals surface area contributed by atoms with Gasteiger partial charge in [0.25, 0.3) is 0 Å². The van der Waals surface area contributed by atoms with Gasteiger partial charge in [0.1, 0.15) is 5.60 Å². The molecule has 1 saturated carbocycles. The predicted molar refractivity (Wildman–Crippen MR) is 89.2 cm³/mol. The Labute approximate surface area is 139 Å². The fourth-order valence-electron chi connectivity index (χ4n) is 2.94. The normalized spacial score (nSPS) is 20.3. The fourth-order valence-corrected chi connectivity index (χ4v) is 2.94. The van der Waals surface area contributed by atoms with Crippen LogP contribution in [0.3, 0.4) is 0 Å². The Kier molecular flexibility index (Phi) is 5.89. The molecule has 0 aromatic carbocycles. The lowest BCUT2D eigenvalue weighted by atomic mass is 10.1. The van der Waals surface area contributed by atoms with Crippen molar-refractivity contribution in [3.8, 4) is 0 Å². The minimum atomic E-state index is -0.480. The van der Waals surface area contributed by atoms with Gasteiger partial charge in [0.2, 0.25) is 5.91 Å². The van der Waals surface area contributed by atoms with E-state index in [0.717, 1.165) is 12.3 Å². The summed E-state index contributed by atoms with van der Waals surface area (Å²) in [5, 5.41) is 3.40. The first-order valence-corrected chi connectivity index (χ1v) is 8.79. The topological polar surface area (TPSA) is 61.9 Å². The minimum absolute atomic E-state index is 0.132. The molecular weight excluding hydrogens is 294 g/mol. The molecule has 6 nitrogen and oxygen atoms in total. The number of ether oxygens (including phenoxy) is 1. The summed E-state index contributed by atoms with van der Waals surface area (Å²) in [4.78, 5) is 27.8. The molecular formula is C17H31N3O3. The molecule has 1 aliphatic heterocycles. The number of hydrogen-bond acceptors (Lipinski definition) is 4. The van der Waals surface area contributed by atoms with Crippen LogP contribution in [0.25, 0.3) is 0 Å². The standard InChI is InChI=1S/C17H31N3O3/c1-5-14(13-6-7-13)18-12-15(21)19-8-10-20(11-9-19)16(22)23-17(2,3)4/h13-14,18H,5-12H2,1-4H3. The molecule has 2 fully saturated rings. The van der Waals surface area contributed by atoms with E-state index in [0.29, 0.717) is 38.8 Å². The number of carbonyl (C=O) groups is 2. The number of piperazine rings is 1. The highest BCUT2D eigenvalue weighted by Crippen LogP contribution is 2.33. The van der Waals surface area contributed by atoms with Gasteiger partial charge in [-0.2, -0.15) is 0 Å². The second kappa shape index (κ2) is 7.51. The molecule has 1 heterocycles. The molecule has 0 bridgehead atoms. The van der Waals surface area contributed by atoms with Crippen molar-refractivity contribution in [2.75, 3.05) is 32.7 Å². The van der Waals surface area contributed by atoms with Crippen molar-refractivity contribution in [1.29, 1.82) is 0 Å². The fraction of sp³-hybridized carbons (Fsp3) is 0.882. The van der Waals surface area contributed by atoms with Gasteiger partial charge >= 0.3 is 6.09 Å². The maximum atomic E-state index is 12.3. The first-order chi connectivity index (χ1) is 10.8. The van der Waals surface area contributed by atoms with Gasteiger partial charge in [-0.3, -0.25) is 4.79 Å². The highest BCUT2D eigenvalue weighted by atomic mass is 16.6. The van der Waals surface area contributed by atoms with Crippen molar-refractivity contribution in [2.24, 2.45) is 5.92 Å². The lowest BCUT2D eigenvalue weighted by Gasteiger charge is -2.35. The molecule has 0 aromatic rings. The molecule has 1 atom stereocenters. The van der Waals surface area contributed by atoms with Gasteiger partial charge in [0.15, 0.2) is 0 Å². The molecule has 132 valence electrons. The van der Waals surface area contributed by atoms with E-state index in [1.165, 1.54) is 12.8 Å². The third-order valence-electron chi connectivity index (χ3n) is 4.43. The Bertz CT molecular complexity index is 421. The molecule has 0 radical (unpaired) electrons. The predicted octanol–water partition coefficient (Wildman–Crippen LogP) is 1.84. The first-order valence-electron chi connectivity index (χ1n) is 8.79. The molecule has 1 unspecified atom stereocenters. The molecule has 2 aliphatic rings. The van der Waals surface area contributed by atoms with Crippen LogP contribution in [0.5, 0.6) is 0 Å². The van der Waals surface area contributed by atoms with E-state index in [1.54, 1.807) is 4.90 Å². The Morgan fingerprint density at radius 1 is 1.13 bits per heavy atom. The smallest absolute Gasteiger partial charge is 0.410 e. The number of carbonyl (C=O) groups excluding carboxylic acids is 2. The van der Waals surface area contributed by atoms with Gasteiger partial charge in [0.05, 0.1) is 6.54 Å². The maximum Gasteiger partial charge on any atom is 0.410 e. The van der Waals surface area contributed by atoms with E-state index in [1.807, 2.05) is 25.7 Å². The zero-order chi connectivity index (χ0) is 17.0. The van der Waals surface area contributed by atoms with Gasteiger partial charge < -0.3 is 19.9 Å². The number of hydrogen-bond donors (Lipinski definition) is 1. The van der Waals surface area contributed by atoms with E-state index in [9.17, 15) is 9.59 Å². The molecule has 0 aromatic heterocycles. The van der Waals surface area contributed by atoms with E-state index in [4.69, 9.17) is 4.74 Å². The monoisotopic (exact) mass is 325 g/mol. The number of amides is 2. The Balaban J connectivity index is 1.71. The number of nitrogens with zero attached hydrogens (tertiary/aromatic N) is 2.